The molecule has 0 radical (unpaired) electrons. The zero-order valence-corrected chi connectivity index (χ0v) is 12.4. The van der Waals surface area contributed by atoms with Gasteiger partial charge in [-0.15, -0.1) is 0 Å². The predicted octanol–water partition coefficient (Wildman–Crippen LogP) is 0.815. The van der Waals surface area contributed by atoms with E-state index in [0.717, 1.165) is 5.56 Å². The molecule has 4 N–H and O–H groups in total. The highest BCUT2D eigenvalue weighted by atomic mass is 16.3. The molecule has 23 heavy (non-hydrogen) atoms. The Morgan fingerprint density at radius 1 is 1.09 bits per heavy atom. The Hall–Kier alpha value is -3.09. The molecule has 0 aliphatic carbocycles. The van der Waals surface area contributed by atoms with E-state index in [9.17, 15) is 14.4 Å². The van der Waals surface area contributed by atoms with Crippen LogP contribution >= 0.6 is 0 Å². The molecule has 0 saturated carbocycles. The lowest BCUT2D eigenvalue weighted by Gasteiger charge is -2.07. The minimum Gasteiger partial charge on any atom is -0.459 e. The Bertz CT molecular complexity index is 695. The predicted molar refractivity (Wildman–Crippen MR) is 82.5 cm³/mol. The molecule has 0 bridgehead atoms. The molecule has 0 saturated heterocycles. The molecule has 7 heteroatoms. The lowest BCUT2D eigenvalue weighted by Crippen LogP contribution is -2.30. The van der Waals surface area contributed by atoms with Gasteiger partial charge in [-0.25, -0.2) is 0 Å². The summed E-state index contributed by atoms with van der Waals surface area (Å²) in [6, 6.07) is 9.87. The van der Waals surface area contributed by atoms with Crippen molar-refractivity contribution < 1.29 is 18.8 Å². The number of rotatable bonds is 7. The summed E-state index contributed by atoms with van der Waals surface area (Å²) in [5.74, 6) is -0.890. The largest absolute Gasteiger partial charge is 0.459 e. The third kappa shape index (κ3) is 4.99. The van der Waals surface area contributed by atoms with E-state index in [4.69, 9.17) is 10.2 Å². The van der Waals surface area contributed by atoms with Crippen LogP contribution in [0.25, 0.3) is 0 Å². The second-order valence-electron chi connectivity index (χ2n) is 4.82. The van der Waals surface area contributed by atoms with E-state index in [0.29, 0.717) is 5.56 Å². The van der Waals surface area contributed by atoms with E-state index in [1.165, 1.54) is 6.26 Å². The van der Waals surface area contributed by atoms with Crippen LogP contribution in [-0.4, -0.2) is 24.3 Å². The van der Waals surface area contributed by atoms with Crippen LogP contribution in [0.1, 0.15) is 32.9 Å². The first-order valence-corrected chi connectivity index (χ1v) is 7.03. The minimum absolute atomic E-state index is 0.141. The number of benzene rings is 1. The van der Waals surface area contributed by atoms with Crippen LogP contribution in [-0.2, 0) is 11.3 Å². The van der Waals surface area contributed by atoms with Crippen molar-refractivity contribution in [3.8, 4) is 0 Å². The van der Waals surface area contributed by atoms with E-state index >= 15 is 0 Å². The monoisotopic (exact) mass is 315 g/mol. The lowest BCUT2D eigenvalue weighted by molar-refractivity contribution is -0.121. The zero-order valence-electron chi connectivity index (χ0n) is 12.4. The molecule has 1 heterocycles. The van der Waals surface area contributed by atoms with Gasteiger partial charge in [-0.2, -0.15) is 0 Å². The Balaban J connectivity index is 1.72. The van der Waals surface area contributed by atoms with Crippen LogP contribution in [0.2, 0.25) is 0 Å². The van der Waals surface area contributed by atoms with Crippen molar-refractivity contribution in [2.45, 2.75) is 13.0 Å². The third-order valence-electron chi connectivity index (χ3n) is 3.08. The highest BCUT2D eigenvalue weighted by Crippen LogP contribution is 2.04. The Morgan fingerprint density at radius 3 is 2.61 bits per heavy atom. The topological polar surface area (TPSA) is 114 Å². The maximum absolute atomic E-state index is 11.7. The molecule has 0 aliphatic rings. The van der Waals surface area contributed by atoms with Crippen molar-refractivity contribution in [3.05, 3.63) is 59.5 Å². The summed E-state index contributed by atoms with van der Waals surface area (Å²) >= 11 is 0. The van der Waals surface area contributed by atoms with Crippen LogP contribution in [0.3, 0.4) is 0 Å². The number of hydrogen-bond donors (Lipinski definition) is 3. The lowest BCUT2D eigenvalue weighted by atomic mass is 10.1. The number of amides is 3. The van der Waals surface area contributed by atoms with Crippen LogP contribution in [0, 0.1) is 0 Å². The van der Waals surface area contributed by atoms with Crippen molar-refractivity contribution in [3.63, 3.8) is 0 Å². The average Bonchev–Trinajstić information content (AvgIpc) is 3.07. The maximum atomic E-state index is 11.7. The summed E-state index contributed by atoms with van der Waals surface area (Å²) in [6.07, 6.45) is 1.55. The molecule has 7 nitrogen and oxygen atoms in total. The number of furan rings is 1. The number of hydrogen-bond acceptors (Lipinski definition) is 4. The molecule has 1 aromatic heterocycles. The maximum Gasteiger partial charge on any atom is 0.286 e. The van der Waals surface area contributed by atoms with E-state index in [2.05, 4.69) is 10.6 Å². The van der Waals surface area contributed by atoms with Crippen molar-refractivity contribution in [2.75, 3.05) is 6.54 Å². The van der Waals surface area contributed by atoms with Crippen molar-refractivity contribution in [1.82, 2.24) is 10.6 Å². The van der Waals surface area contributed by atoms with Gasteiger partial charge in [0.25, 0.3) is 5.91 Å². The molecular formula is C16H17N3O4. The van der Waals surface area contributed by atoms with Gasteiger partial charge < -0.3 is 20.8 Å². The SMILES string of the molecule is NC(=O)c1cccc(CNC(=O)CCNC(=O)c2ccco2)c1. The normalized spacial score (nSPS) is 10.1. The first-order valence-electron chi connectivity index (χ1n) is 7.03. The van der Waals surface area contributed by atoms with Gasteiger partial charge in [0, 0.05) is 25.1 Å². The number of carbonyl (C=O) groups is 3. The van der Waals surface area contributed by atoms with Crippen molar-refractivity contribution >= 4 is 17.7 Å². The molecule has 1 aromatic carbocycles. The van der Waals surface area contributed by atoms with Crippen LogP contribution in [0.5, 0.6) is 0 Å². The van der Waals surface area contributed by atoms with Crippen LogP contribution in [0.4, 0.5) is 0 Å². The Kier molecular flexibility index (Phi) is 5.51. The molecular weight excluding hydrogens is 298 g/mol. The van der Waals surface area contributed by atoms with Gasteiger partial charge in [0.2, 0.25) is 11.8 Å². The van der Waals surface area contributed by atoms with Crippen molar-refractivity contribution in [1.29, 1.82) is 0 Å². The fraction of sp³-hybridized carbons (Fsp3) is 0.188. The second kappa shape index (κ2) is 7.79. The van der Waals surface area contributed by atoms with Gasteiger partial charge in [-0.3, -0.25) is 14.4 Å². The molecule has 0 unspecified atom stereocenters. The van der Waals surface area contributed by atoms with E-state index in [1.807, 2.05) is 0 Å². The Morgan fingerprint density at radius 2 is 1.91 bits per heavy atom. The highest BCUT2D eigenvalue weighted by Gasteiger charge is 2.09. The van der Waals surface area contributed by atoms with Gasteiger partial charge >= 0.3 is 0 Å². The summed E-state index contributed by atoms with van der Waals surface area (Å²) in [5, 5.41) is 5.29. The molecule has 2 aromatic rings. The van der Waals surface area contributed by atoms with E-state index in [1.54, 1.807) is 36.4 Å². The molecule has 2 rings (SSSR count). The first kappa shape index (κ1) is 16.3. The Labute approximate surface area is 132 Å². The average molecular weight is 315 g/mol. The van der Waals surface area contributed by atoms with E-state index in [-0.39, 0.29) is 37.1 Å². The summed E-state index contributed by atoms with van der Waals surface area (Å²) < 4.78 is 4.94. The van der Waals surface area contributed by atoms with Crippen LogP contribution in [0.15, 0.2) is 47.1 Å². The molecule has 0 aliphatic heterocycles. The first-order chi connectivity index (χ1) is 11.1. The smallest absolute Gasteiger partial charge is 0.286 e. The molecule has 0 fully saturated rings. The molecule has 0 spiro atoms. The molecule has 3 amide bonds. The van der Waals surface area contributed by atoms with Gasteiger partial charge in [0.05, 0.1) is 6.26 Å². The number of carbonyl (C=O) groups excluding carboxylic acids is 3. The fourth-order valence-electron chi connectivity index (χ4n) is 1.91. The molecule has 0 atom stereocenters. The zero-order chi connectivity index (χ0) is 16.7. The number of nitrogens with two attached hydrogens (primary N) is 1. The van der Waals surface area contributed by atoms with Crippen LogP contribution < -0.4 is 16.4 Å². The summed E-state index contributed by atoms with van der Waals surface area (Å²) in [4.78, 5) is 34.4. The van der Waals surface area contributed by atoms with Gasteiger partial charge in [0.1, 0.15) is 0 Å². The summed E-state index contributed by atoms with van der Waals surface area (Å²) in [5.41, 5.74) is 6.36. The van der Waals surface area contributed by atoms with Crippen molar-refractivity contribution in [2.24, 2.45) is 5.73 Å². The number of primary amides is 1. The third-order valence-corrected chi connectivity index (χ3v) is 3.08. The minimum atomic E-state index is -0.515. The summed E-state index contributed by atoms with van der Waals surface area (Å²) in [7, 11) is 0. The van der Waals surface area contributed by atoms with Gasteiger partial charge in [-0.05, 0) is 29.8 Å². The second-order valence-corrected chi connectivity index (χ2v) is 4.82. The van der Waals surface area contributed by atoms with Gasteiger partial charge in [-0.1, -0.05) is 12.1 Å². The quantitative estimate of drug-likeness (QED) is 0.701. The number of nitrogens with one attached hydrogen (secondary N) is 2. The molecule has 120 valence electrons. The highest BCUT2D eigenvalue weighted by molar-refractivity contribution is 5.93. The fourth-order valence-corrected chi connectivity index (χ4v) is 1.91. The van der Waals surface area contributed by atoms with E-state index < -0.39 is 5.91 Å². The standard InChI is InChI=1S/C16H17N3O4/c17-15(21)12-4-1-3-11(9-12)10-19-14(20)6-7-18-16(22)13-5-2-8-23-13/h1-5,8-9H,6-7,10H2,(H2,17,21)(H,18,22)(H,19,20). The summed E-state index contributed by atoms with van der Waals surface area (Å²) in [6.45, 7) is 0.485. The van der Waals surface area contributed by atoms with Gasteiger partial charge in [0.15, 0.2) is 5.76 Å².